The highest BCUT2D eigenvalue weighted by molar-refractivity contribution is 7.91. The number of nitrogens with one attached hydrogen (secondary N) is 1. The first-order chi connectivity index (χ1) is 12.3. The van der Waals surface area contributed by atoms with Crippen molar-refractivity contribution in [3.63, 3.8) is 0 Å². The predicted octanol–water partition coefficient (Wildman–Crippen LogP) is 3.28. The fourth-order valence-corrected chi connectivity index (χ4v) is 3.55. The van der Waals surface area contributed by atoms with E-state index in [0.29, 0.717) is 11.1 Å². The van der Waals surface area contributed by atoms with Crippen LogP contribution in [0.25, 0.3) is 5.52 Å². The van der Waals surface area contributed by atoms with Crippen molar-refractivity contribution in [3.05, 3.63) is 23.9 Å². The highest BCUT2D eigenvalue weighted by Crippen LogP contribution is 2.30. The Hall–Kier alpha value is -2.60. The fourth-order valence-electron chi connectivity index (χ4n) is 2.39. The first-order valence-electron chi connectivity index (χ1n) is 8.47. The zero-order valence-corrected chi connectivity index (χ0v) is 17.1. The van der Waals surface area contributed by atoms with Gasteiger partial charge in [-0.3, -0.25) is 5.32 Å². The summed E-state index contributed by atoms with van der Waals surface area (Å²) in [6.07, 6.45) is 0.795. The lowest BCUT2D eigenvalue weighted by Gasteiger charge is -2.19. The molecule has 0 saturated heterocycles. The molecular formula is C18H24N4O4S. The lowest BCUT2D eigenvalue weighted by Crippen LogP contribution is -2.27. The minimum atomic E-state index is -3.67. The van der Waals surface area contributed by atoms with Crippen LogP contribution in [-0.2, 0) is 20.0 Å². The number of hydrogen-bond acceptors (Lipinski definition) is 6. The smallest absolute Gasteiger partial charge is 0.413 e. The molecular weight excluding hydrogens is 368 g/mol. The van der Waals surface area contributed by atoms with Crippen LogP contribution in [0.3, 0.4) is 0 Å². The number of nitriles is 1. The average Bonchev–Trinajstić information content (AvgIpc) is 2.90. The fraction of sp³-hybridized carbons (Fsp3) is 0.500. The monoisotopic (exact) mass is 392 g/mol. The SMILES string of the molecule is CCS(=O)(=O)c1c(NC(=O)OC(C)(C)C)nn2cc(C(C)(C)C#N)ccc12. The van der Waals surface area contributed by atoms with Gasteiger partial charge in [-0.05, 0) is 46.2 Å². The van der Waals surface area contributed by atoms with Crippen LogP contribution in [0.5, 0.6) is 0 Å². The van der Waals surface area contributed by atoms with E-state index in [9.17, 15) is 18.5 Å². The Balaban J connectivity index is 2.63. The molecule has 0 saturated carbocycles. The summed E-state index contributed by atoms with van der Waals surface area (Å²) >= 11 is 0. The van der Waals surface area contributed by atoms with Crippen LogP contribution in [0, 0.1) is 11.3 Å². The highest BCUT2D eigenvalue weighted by atomic mass is 32.2. The van der Waals surface area contributed by atoms with E-state index in [1.807, 2.05) is 0 Å². The minimum absolute atomic E-state index is 0.0721. The Kier molecular flexibility index (Phi) is 5.25. The van der Waals surface area contributed by atoms with Crippen LogP contribution < -0.4 is 5.32 Å². The van der Waals surface area contributed by atoms with Crippen LogP contribution in [0.1, 0.15) is 47.1 Å². The molecule has 0 atom stereocenters. The number of aromatic nitrogens is 2. The van der Waals surface area contributed by atoms with Crippen molar-refractivity contribution in [2.45, 2.75) is 57.5 Å². The molecule has 1 N–H and O–H groups in total. The van der Waals surface area contributed by atoms with Crippen LogP contribution in [0.15, 0.2) is 23.2 Å². The van der Waals surface area contributed by atoms with Crippen LogP contribution in [0.2, 0.25) is 0 Å². The van der Waals surface area contributed by atoms with Gasteiger partial charge in [0.1, 0.15) is 10.5 Å². The number of amides is 1. The van der Waals surface area contributed by atoms with Gasteiger partial charge in [-0.1, -0.05) is 13.0 Å². The Morgan fingerprint density at radius 2 is 1.93 bits per heavy atom. The lowest BCUT2D eigenvalue weighted by atomic mass is 9.88. The molecule has 0 aliphatic heterocycles. The van der Waals surface area contributed by atoms with Crippen molar-refractivity contribution in [3.8, 4) is 6.07 Å². The lowest BCUT2D eigenvalue weighted by molar-refractivity contribution is 0.0635. The Labute approximate surface area is 159 Å². The molecule has 2 aromatic heterocycles. The summed E-state index contributed by atoms with van der Waals surface area (Å²) in [6.45, 7) is 10.1. The minimum Gasteiger partial charge on any atom is -0.444 e. The summed E-state index contributed by atoms with van der Waals surface area (Å²) in [5.41, 5.74) is -0.524. The van der Waals surface area contributed by atoms with Gasteiger partial charge in [-0.15, -0.1) is 5.10 Å². The summed E-state index contributed by atoms with van der Waals surface area (Å²) in [4.78, 5) is 12.1. The van der Waals surface area contributed by atoms with Crippen molar-refractivity contribution in [2.75, 3.05) is 11.1 Å². The summed E-state index contributed by atoms with van der Waals surface area (Å²) in [7, 11) is -3.67. The molecule has 1 amide bonds. The number of carbonyl (C=O) groups excluding carboxylic acids is 1. The second kappa shape index (κ2) is 6.85. The van der Waals surface area contributed by atoms with E-state index in [4.69, 9.17) is 4.74 Å². The van der Waals surface area contributed by atoms with Crippen LogP contribution >= 0.6 is 0 Å². The van der Waals surface area contributed by atoms with E-state index in [1.54, 1.807) is 52.9 Å². The maximum absolute atomic E-state index is 12.6. The number of fused-ring (bicyclic) bond motifs is 1. The summed E-state index contributed by atoms with van der Waals surface area (Å²) in [5.74, 6) is -0.249. The molecule has 8 nitrogen and oxygen atoms in total. The summed E-state index contributed by atoms with van der Waals surface area (Å²) < 4.78 is 31.8. The number of sulfone groups is 1. The van der Waals surface area contributed by atoms with Crippen molar-refractivity contribution in [2.24, 2.45) is 0 Å². The second-order valence-electron chi connectivity index (χ2n) is 7.69. The van der Waals surface area contributed by atoms with E-state index in [1.165, 1.54) is 11.4 Å². The molecule has 9 heteroatoms. The average molecular weight is 392 g/mol. The van der Waals surface area contributed by atoms with Gasteiger partial charge < -0.3 is 4.74 Å². The van der Waals surface area contributed by atoms with Crippen molar-refractivity contribution in [1.29, 1.82) is 5.26 Å². The van der Waals surface area contributed by atoms with Gasteiger partial charge in [0, 0.05) is 6.20 Å². The van der Waals surface area contributed by atoms with Crippen LogP contribution in [-0.4, -0.2) is 35.5 Å². The number of rotatable bonds is 4. The second-order valence-corrected chi connectivity index (χ2v) is 9.91. The van der Waals surface area contributed by atoms with Gasteiger partial charge in [-0.25, -0.2) is 17.7 Å². The standard InChI is InChI=1S/C18H24N4O4S/c1-7-27(24,25)14-13-9-8-12(18(5,6)11-19)10-22(13)21-15(14)20-16(23)26-17(2,3)4/h8-10H,7H2,1-6H3,(H,20,21,23). The van der Waals surface area contributed by atoms with E-state index >= 15 is 0 Å². The van der Waals surface area contributed by atoms with E-state index in [0.717, 1.165) is 0 Å². The normalized spacial score (nSPS) is 12.6. The Morgan fingerprint density at radius 1 is 1.30 bits per heavy atom. The predicted molar refractivity (Wildman–Crippen MR) is 101 cm³/mol. The number of nitrogens with zero attached hydrogens (tertiary/aromatic N) is 3. The van der Waals surface area contributed by atoms with Crippen molar-refractivity contribution >= 4 is 27.3 Å². The molecule has 2 rings (SSSR count). The Bertz CT molecular complexity index is 1020. The van der Waals surface area contributed by atoms with Gasteiger partial charge >= 0.3 is 6.09 Å². The zero-order valence-electron chi connectivity index (χ0n) is 16.3. The summed E-state index contributed by atoms with van der Waals surface area (Å²) in [5, 5.41) is 16.0. The van der Waals surface area contributed by atoms with E-state index in [2.05, 4.69) is 16.5 Å². The number of pyridine rings is 1. The molecule has 2 aromatic rings. The molecule has 0 aromatic carbocycles. The van der Waals surface area contributed by atoms with Gasteiger partial charge in [-0.2, -0.15) is 5.26 Å². The first kappa shape index (κ1) is 20.7. The largest absolute Gasteiger partial charge is 0.444 e. The highest BCUT2D eigenvalue weighted by Gasteiger charge is 2.28. The molecule has 0 spiro atoms. The van der Waals surface area contributed by atoms with E-state index in [-0.39, 0.29) is 16.5 Å². The van der Waals surface area contributed by atoms with Crippen molar-refractivity contribution in [1.82, 2.24) is 9.61 Å². The third-order valence-corrected chi connectivity index (χ3v) is 5.68. The van der Waals surface area contributed by atoms with Gasteiger partial charge in [0.05, 0.1) is 22.8 Å². The van der Waals surface area contributed by atoms with Crippen molar-refractivity contribution < 1.29 is 17.9 Å². The molecule has 0 fully saturated rings. The zero-order chi connectivity index (χ0) is 20.6. The number of carbonyl (C=O) groups is 1. The molecule has 0 aliphatic carbocycles. The third-order valence-electron chi connectivity index (χ3n) is 3.90. The first-order valence-corrected chi connectivity index (χ1v) is 10.1. The topological polar surface area (TPSA) is 114 Å². The van der Waals surface area contributed by atoms with Crippen LogP contribution in [0.4, 0.5) is 10.6 Å². The molecule has 0 radical (unpaired) electrons. The quantitative estimate of drug-likeness (QED) is 0.854. The molecule has 27 heavy (non-hydrogen) atoms. The van der Waals surface area contributed by atoms with Gasteiger partial charge in [0.2, 0.25) is 0 Å². The molecule has 0 aliphatic rings. The third kappa shape index (κ3) is 4.39. The Morgan fingerprint density at radius 3 is 2.44 bits per heavy atom. The number of anilines is 1. The van der Waals surface area contributed by atoms with Gasteiger partial charge in [0.15, 0.2) is 15.7 Å². The number of ether oxygens (including phenoxy) is 1. The molecule has 2 heterocycles. The van der Waals surface area contributed by atoms with Gasteiger partial charge in [0.25, 0.3) is 0 Å². The molecule has 0 bridgehead atoms. The maximum Gasteiger partial charge on any atom is 0.413 e. The molecule has 0 unspecified atom stereocenters. The number of hydrogen-bond donors (Lipinski definition) is 1. The molecule has 146 valence electrons. The van der Waals surface area contributed by atoms with E-state index < -0.39 is 26.9 Å². The maximum atomic E-state index is 12.6. The summed E-state index contributed by atoms with van der Waals surface area (Å²) in [6, 6.07) is 5.47.